The summed E-state index contributed by atoms with van der Waals surface area (Å²) in [6, 6.07) is 7.85. The van der Waals surface area contributed by atoms with E-state index in [9.17, 15) is 0 Å². The summed E-state index contributed by atoms with van der Waals surface area (Å²) >= 11 is 4.05. The molecule has 0 saturated carbocycles. The van der Waals surface area contributed by atoms with E-state index in [0.29, 0.717) is 11.6 Å². The van der Waals surface area contributed by atoms with E-state index in [1.54, 1.807) is 6.20 Å². The molecule has 2 N–H and O–H groups in total. The number of fused-ring (bicyclic) bond motifs is 1. The van der Waals surface area contributed by atoms with Gasteiger partial charge in [0.1, 0.15) is 5.82 Å². The van der Waals surface area contributed by atoms with Crippen LogP contribution in [-0.2, 0) is 0 Å². The van der Waals surface area contributed by atoms with Crippen molar-refractivity contribution >= 4 is 29.2 Å². The SMILES string of the molecule is Nc1ncc(C#CCS)c2ccccc12. The molecule has 0 atom stereocenters. The van der Waals surface area contributed by atoms with Gasteiger partial charge in [0.2, 0.25) is 0 Å². The van der Waals surface area contributed by atoms with E-state index in [2.05, 4.69) is 29.5 Å². The van der Waals surface area contributed by atoms with Gasteiger partial charge in [-0.1, -0.05) is 36.1 Å². The lowest BCUT2D eigenvalue weighted by molar-refractivity contribution is 1.35. The van der Waals surface area contributed by atoms with Gasteiger partial charge >= 0.3 is 0 Å². The third kappa shape index (κ3) is 1.90. The summed E-state index contributed by atoms with van der Waals surface area (Å²) in [5, 5.41) is 1.99. The molecule has 74 valence electrons. The number of thiol groups is 1. The van der Waals surface area contributed by atoms with Crippen molar-refractivity contribution in [2.75, 3.05) is 11.5 Å². The van der Waals surface area contributed by atoms with Crippen LogP contribution in [0, 0.1) is 11.8 Å². The van der Waals surface area contributed by atoms with Gasteiger partial charge in [-0.15, -0.1) is 0 Å². The fourth-order valence-corrected chi connectivity index (χ4v) is 1.53. The number of hydrogen-bond donors (Lipinski definition) is 2. The zero-order valence-electron chi connectivity index (χ0n) is 8.07. The first-order chi connectivity index (χ1) is 7.33. The van der Waals surface area contributed by atoms with Gasteiger partial charge in [0, 0.05) is 17.0 Å². The molecule has 0 aliphatic carbocycles. The second kappa shape index (κ2) is 4.24. The van der Waals surface area contributed by atoms with E-state index in [-0.39, 0.29) is 0 Å². The molecule has 3 heteroatoms. The number of anilines is 1. The largest absolute Gasteiger partial charge is 0.383 e. The van der Waals surface area contributed by atoms with Gasteiger partial charge in [0.15, 0.2) is 0 Å². The van der Waals surface area contributed by atoms with Gasteiger partial charge < -0.3 is 5.73 Å². The summed E-state index contributed by atoms with van der Waals surface area (Å²) < 4.78 is 0. The topological polar surface area (TPSA) is 38.9 Å². The Labute approximate surface area is 93.9 Å². The minimum absolute atomic E-state index is 0.540. The van der Waals surface area contributed by atoms with E-state index in [4.69, 9.17) is 5.73 Å². The molecule has 0 bridgehead atoms. The monoisotopic (exact) mass is 214 g/mol. The van der Waals surface area contributed by atoms with Crippen molar-refractivity contribution in [3.05, 3.63) is 36.0 Å². The van der Waals surface area contributed by atoms with E-state index in [1.807, 2.05) is 24.3 Å². The first kappa shape index (κ1) is 9.88. The Bertz CT molecular complexity index is 552. The fraction of sp³-hybridized carbons (Fsp3) is 0.0833. The highest BCUT2D eigenvalue weighted by Crippen LogP contribution is 2.21. The molecule has 0 aliphatic heterocycles. The second-order valence-electron chi connectivity index (χ2n) is 3.06. The molecule has 0 amide bonds. The molecule has 2 nitrogen and oxygen atoms in total. The van der Waals surface area contributed by atoms with Gasteiger partial charge in [0.05, 0.1) is 11.3 Å². The molecule has 1 aromatic carbocycles. The lowest BCUT2D eigenvalue weighted by Crippen LogP contribution is -1.93. The van der Waals surface area contributed by atoms with E-state index >= 15 is 0 Å². The molecule has 0 fully saturated rings. The third-order valence-corrected chi connectivity index (χ3v) is 2.29. The minimum atomic E-state index is 0.540. The Morgan fingerprint density at radius 1 is 1.27 bits per heavy atom. The maximum absolute atomic E-state index is 5.78. The Balaban J connectivity index is 2.72. The van der Waals surface area contributed by atoms with Crippen LogP contribution < -0.4 is 5.73 Å². The van der Waals surface area contributed by atoms with Gasteiger partial charge in [-0.3, -0.25) is 0 Å². The highest BCUT2D eigenvalue weighted by Gasteiger charge is 2.01. The quantitative estimate of drug-likeness (QED) is 0.520. The molecular weight excluding hydrogens is 204 g/mol. The highest BCUT2D eigenvalue weighted by atomic mass is 32.1. The molecule has 0 saturated heterocycles. The summed E-state index contributed by atoms with van der Waals surface area (Å²) in [7, 11) is 0. The molecule has 1 heterocycles. The molecule has 2 aromatic rings. The van der Waals surface area contributed by atoms with Crippen LogP contribution in [-0.4, -0.2) is 10.7 Å². The number of nitrogens with two attached hydrogens (primary N) is 1. The predicted octanol–water partition coefficient (Wildman–Crippen LogP) is 2.10. The number of nitrogen functional groups attached to an aromatic ring is 1. The number of benzene rings is 1. The van der Waals surface area contributed by atoms with Crippen molar-refractivity contribution in [2.24, 2.45) is 0 Å². The van der Waals surface area contributed by atoms with Gasteiger partial charge in [0.25, 0.3) is 0 Å². The van der Waals surface area contributed by atoms with Crippen molar-refractivity contribution in [3.8, 4) is 11.8 Å². The second-order valence-corrected chi connectivity index (χ2v) is 3.38. The summed E-state index contributed by atoms with van der Waals surface area (Å²) in [5.41, 5.74) is 6.68. The standard InChI is InChI=1S/C12H10N2S/c13-12-11-6-2-1-5-10(11)9(8-14-12)4-3-7-15/h1-2,5-6,8,15H,7H2,(H2,13,14). The Hall–Kier alpha value is -1.66. The zero-order chi connectivity index (χ0) is 10.7. The van der Waals surface area contributed by atoms with Crippen LogP contribution in [0.1, 0.15) is 5.56 Å². The first-order valence-corrected chi connectivity index (χ1v) is 5.19. The first-order valence-electron chi connectivity index (χ1n) is 4.56. The average molecular weight is 214 g/mol. The summed E-state index contributed by atoms with van der Waals surface area (Å²) in [6.07, 6.45) is 1.70. The van der Waals surface area contributed by atoms with Crippen LogP contribution in [0.3, 0.4) is 0 Å². The van der Waals surface area contributed by atoms with E-state index in [0.717, 1.165) is 16.3 Å². The van der Waals surface area contributed by atoms with Crippen LogP contribution in [0.2, 0.25) is 0 Å². The molecule has 0 spiro atoms. The summed E-state index contributed by atoms with van der Waals surface area (Å²) in [4.78, 5) is 4.11. The molecule has 1 aromatic heterocycles. The van der Waals surface area contributed by atoms with Crippen molar-refractivity contribution < 1.29 is 0 Å². The van der Waals surface area contributed by atoms with Crippen molar-refractivity contribution in [3.63, 3.8) is 0 Å². The highest BCUT2D eigenvalue weighted by molar-refractivity contribution is 7.80. The van der Waals surface area contributed by atoms with Gasteiger partial charge in [-0.25, -0.2) is 4.98 Å². The van der Waals surface area contributed by atoms with Crippen LogP contribution in [0.4, 0.5) is 5.82 Å². The number of nitrogens with zero attached hydrogens (tertiary/aromatic N) is 1. The number of rotatable bonds is 0. The van der Waals surface area contributed by atoms with Gasteiger partial charge in [-0.05, 0) is 0 Å². The smallest absolute Gasteiger partial charge is 0.131 e. The van der Waals surface area contributed by atoms with E-state index < -0.39 is 0 Å². The maximum atomic E-state index is 5.78. The Morgan fingerprint density at radius 2 is 2.00 bits per heavy atom. The lowest BCUT2D eigenvalue weighted by Gasteiger charge is -2.02. The molecule has 0 unspecified atom stereocenters. The third-order valence-electron chi connectivity index (χ3n) is 2.13. The molecule has 2 rings (SSSR count). The normalized spacial score (nSPS) is 9.67. The number of pyridine rings is 1. The molecule has 0 aliphatic rings. The Kier molecular flexibility index (Phi) is 2.79. The van der Waals surface area contributed by atoms with Crippen LogP contribution in [0.25, 0.3) is 10.8 Å². The van der Waals surface area contributed by atoms with Gasteiger partial charge in [-0.2, -0.15) is 12.6 Å². The summed E-state index contributed by atoms with van der Waals surface area (Å²) in [6.45, 7) is 0. The van der Waals surface area contributed by atoms with Crippen LogP contribution in [0.15, 0.2) is 30.5 Å². The fourth-order valence-electron chi connectivity index (χ4n) is 1.45. The van der Waals surface area contributed by atoms with E-state index in [1.165, 1.54) is 0 Å². The number of hydrogen-bond acceptors (Lipinski definition) is 3. The lowest BCUT2D eigenvalue weighted by atomic mass is 10.1. The van der Waals surface area contributed by atoms with Crippen LogP contribution in [0.5, 0.6) is 0 Å². The van der Waals surface area contributed by atoms with Crippen molar-refractivity contribution in [1.29, 1.82) is 0 Å². The molecular formula is C12H10N2S. The average Bonchev–Trinajstić information content (AvgIpc) is 2.29. The Morgan fingerprint density at radius 3 is 2.73 bits per heavy atom. The molecule has 15 heavy (non-hydrogen) atoms. The predicted molar refractivity (Wildman–Crippen MR) is 66.9 cm³/mol. The van der Waals surface area contributed by atoms with Crippen LogP contribution >= 0.6 is 12.6 Å². The zero-order valence-corrected chi connectivity index (χ0v) is 8.96. The van der Waals surface area contributed by atoms with Crippen molar-refractivity contribution in [1.82, 2.24) is 4.98 Å². The number of aromatic nitrogens is 1. The minimum Gasteiger partial charge on any atom is -0.383 e. The molecule has 0 radical (unpaired) electrons. The maximum Gasteiger partial charge on any atom is 0.131 e. The summed E-state index contributed by atoms with van der Waals surface area (Å²) in [5.74, 6) is 7.01. The van der Waals surface area contributed by atoms with Crippen molar-refractivity contribution in [2.45, 2.75) is 0 Å².